The highest BCUT2D eigenvalue weighted by atomic mass is 32.1. The maximum atomic E-state index is 6.74. The van der Waals surface area contributed by atoms with Crippen LogP contribution < -0.4 is 15.6 Å². The second kappa shape index (κ2) is 11.2. The summed E-state index contributed by atoms with van der Waals surface area (Å²) in [5.74, 6) is 1.04. The number of hydrogen-bond donors (Lipinski definition) is 3. The predicted octanol–water partition coefficient (Wildman–Crippen LogP) is 8.91. The van der Waals surface area contributed by atoms with E-state index in [1.807, 2.05) is 23.5 Å². The first-order valence-electron chi connectivity index (χ1n) is 17.3. The third-order valence-electron chi connectivity index (χ3n) is 10.4. The Bertz CT molecular complexity index is 3010. The third kappa shape index (κ3) is 4.51. The smallest absolute Gasteiger partial charge is 0.373 e. The van der Waals surface area contributed by atoms with Gasteiger partial charge in [-0.15, -0.1) is 11.3 Å². The Morgan fingerprint density at radius 1 is 0.549 bits per heavy atom. The fourth-order valence-electron chi connectivity index (χ4n) is 8.02. The largest absolute Gasteiger partial charge is 0.455 e. The summed E-state index contributed by atoms with van der Waals surface area (Å²) < 4.78 is 15.7. The minimum Gasteiger partial charge on any atom is -0.455 e. The first-order valence-corrected chi connectivity index (χ1v) is 18.1. The number of thiophene rings is 1. The second-order valence-electron chi connectivity index (χ2n) is 13.3. The van der Waals surface area contributed by atoms with Crippen LogP contribution in [-0.4, -0.2) is 5.84 Å². The molecular weight excluding hydrogens is 647 g/mol. The maximum absolute atomic E-state index is 6.74. The Labute approximate surface area is 296 Å². The van der Waals surface area contributed by atoms with Gasteiger partial charge in [-0.3, -0.25) is 0 Å². The highest BCUT2D eigenvalue weighted by molar-refractivity contribution is 7.25. The molecule has 0 amide bonds. The predicted molar refractivity (Wildman–Crippen MR) is 208 cm³/mol. The fraction of sp³-hybridized carbons (Fsp3) is 0.0444. The SMILES string of the molecule is c1ccc(C2NC(c3cccc4sc5ccccc5c34)[NH+]=C(c3cccc4c3oc3ccc(-c5cccc6c5oc5ccccc56)cc34)[NH2+]2)cc1. The van der Waals surface area contributed by atoms with Crippen LogP contribution >= 0.6 is 11.3 Å². The minimum atomic E-state index is -0.132. The van der Waals surface area contributed by atoms with Crippen molar-refractivity contribution in [2.24, 2.45) is 0 Å². The van der Waals surface area contributed by atoms with Crippen LogP contribution in [0.2, 0.25) is 0 Å². The van der Waals surface area contributed by atoms with Crippen LogP contribution in [0.3, 0.4) is 0 Å². The summed E-state index contributed by atoms with van der Waals surface area (Å²) in [4.78, 5) is 3.92. The van der Waals surface area contributed by atoms with Crippen LogP contribution in [0.25, 0.3) is 75.2 Å². The highest BCUT2D eigenvalue weighted by Crippen LogP contribution is 2.40. The van der Waals surface area contributed by atoms with Gasteiger partial charge in [-0.1, -0.05) is 115 Å². The number of rotatable bonds is 4. The van der Waals surface area contributed by atoms with Crippen LogP contribution in [0.15, 0.2) is 160 Å². The summed E-state index contributed by atoms with van der Waals surface area (Å²) in [6.07, 6.45) is -0.143. The molecule has 4 N–H and O–H groups in total. The summed E-state index contributed by atoms with van der Waals surface area (Å²) in [6.45, 7) is 0. The second-order valence-corrected chi connectivity index (χ2v) is 14.4. The van der Waals surface area contributed by atoms with Crippen molar-refractivity contribution in [2.45, 2.75) is 12.3 Å². The number of para-hydroxylation sites is 3. The molecule has 242 valence electrons. The molecule has 6 heteroatoms. The highest BCUT2D eigenvalue weighted by Gasteiger charge is 2.37. The van der Waals surface area contributed by atoms with Gasteiger partial charge in [0.2, 0.25) is 6.17 Å². The number of nitrogens with one attached hydrogen (secondary N) is 2. The molecule has 0 spiro atoms. The van der Waals surface area contributed by atoms with E-state index in [0.29, 0.717) is 0 Å². The van der Waals surface area contributed by atoms with Gasteiger partial charge in [0.25, 0.3) is 0 Å². The zero-order valence-corrected chi connectivity index (χ0v) is 28.2. The van der Waals surface area contributed by atoms with Gasteiger partial charge in [-0.25, -0.2) is 5.32 Å². The van der Waals surface area contributed by atoms with E-state index in [-0.39, 0.29) is 12.3 Å². The van der Waals surface area contributed by atoms with Gasteiger partial charge in [0.15, 0.2) is 11.7 Å². The molecule has 1 aliphatic rings. The summed E-state index contributed by atoms with van der Waals surface area (Å²) in [7, 11) is 0. The Morgan fingerprint density at radius 3 is 2.10 bits per heavy atom. The molecule has 4 heterocycles. The van der Waals surface area contributed by atoms with E-state index in [1.165, 1.54) is 31.3 Å². The average Bonchev–Trinajstić information content (AvgIpc) is 3.89. The van der Waals surface area contributed by atoms with E-state index in [0.717, 1.165) is 66.4 Å². The van der Waals surface area contributed by atoms with Gasteiger partial charge in [0.1, 0.15) is 22.3 Å². The number of benzene rings is 7. The number of hydrogen-bond acceptors (Lipinski definition) is 4. The minimum absolute atomic E-state index is 0.0110. The van der Waals surface area contributed by atoms with E-state index >= 15 is 0 Å². The van der Waals surface area contributed by atoms with E-state index < -0.39 is 0 Å². The van der Waals surface area contributed by atoms with Gasteiger partial charge in [-0.2, -0.15) is 10.3 Å². The first kappa shape index (κ1) is 28.8. The number of nitrogen functional groups attached to an aromatic ring is 1. The van der Waals surface area contributed by atoms with Crippen molar-refractivity contribution >= 4 is 81.2 Å². The van der Waals surface area contributed by atoms with E-state index in [9.17, 15) is 0 Å². The van der Waals surface area contributed by atoms with Gasteiger partial charge < -0.3 is 8.83 Å². The fourth-order valence-corrected chi connectivity index (χ4v) is 9.16. The molecule has 1 aliphatic heterocycles. The Balaban J connectivity index is 1.08. The summed E-state index contributed by atoms with van der Waals surface area (Å²) in [5.41, 5.74) is 9.19. The lowest BCUT2D eigenvalue weighted by atomic mass is 9.99. The molecule has 0 aliphatic carbocycles. The van der Waals surface area contributed by atoms with Gasteiger partial charge in [0, 0.05) is 58.4 Å². The molecule has 5 nitrogen and oxygen atoms in total. The van der Waals surface area contributed by atoms with Crippen LogP contribution in [0.5, 0.6) is 0 Å². The first-order chi connectivity index (χ1) is 25.3. The zero-order valence-electron chi connectivity index (χ0n) is 27.4. The summed E-state index contributed by atoms with van der Waals surface area (Å²) >= 11 is 1.85. The Kier molecular flexibility index (Phi) is 6.33. The zero-order chi connectivity index (χ0) is 33.5. The Morgan fingerprint density at radius 2 is 1.22 bits per heavy atom. The van der Waals surface area contributed by atoms with E-state index in [4.69, 9.17) is 8.83 Å². The molecule has 0 saturated heterocycles. The van der Waals surface area contributed by atoms with E-state index in [2.05, 4.69) is 155 Å². The molecule has 0 saturated carbocycles. The topological polar surface area (TPSA) is 68.9 Å². The van der Waals surface area contributed by atoms with Crippen LogP contribution in [-0.2, 0) is 0 Å². The standard InChI is InChI=1S/C45H29N3O2S/c1-2-11-26(12-3-1)43-46-44(33-18-10-22-39-40(33)32-14-5-7-21-38(32)51-39)48-45(47-43)34-19-9-17-31-35-25-27(23-24-37(35)50-42(31)34)28-15-8-16-30-29-13-4-6-20-36(29)49-41(28)30/h1-25,43-44,46H,(H,47,48)/p+2. The molecule has 11 rings (SSSR count). The van der Waals surface area contributed by atoms with Crippen LogP contribution in [0, 0.1) is 0 Å². The van der Waals surface area contributed by atoms with Crippen molar-refractivity contribution < 1.29 is 19.1 Å². The number of furan rings is 2. The van der Waals surface area contributed by atoms with E-state index in [1.54, 1.807) is 0 Å². The third-order valence-corrected chi connectivity index (χ3v) is 11.5. The molecule has 0 bridgehead atoms. The molecule has 3 aromatic heterocycles. The lowest BCUT2D eigenvalue weighted by Crippen LogP contribution is -3.07. The molecule has 2 atom stereocenters. The average molecular weight is 678 g/mol. The lowest BCUT2D eigenvalue weighted by molar-refractivity contribution is -0.701. The number of nitrogens with two attached hydrogens (primary N) is 1. The van der Waals surface area contributed by atoms with Crippen molar-refractivity contribution in [3.63, 3.8) is 0 Å². The molecule has 7 aromatic carbocycles. The Hall–Kier alpha value is -6.05. The normalized spacial score (nSPS) is 16.6. The monoisotopic (exact) mass is 677 g/mol. The van der Waals surface area contributed by atoms with Gasteiger partial charge in [0.05, 0.1) is 0 Å². The number of amidine groups is 1. The van der Waals surface area contributed by atoms with Crippen molar-refractivity contribution in [3.8, 4) is 11.1 Å². The quantitative estimate of drug-likeness (QED) is 0.174. The van der Waals surface area contributed by atoms with Crippen molar-refractivity contribution in [3.05, 3.63) is 168 Å². The van der Waals surface area contributed by atoms with Gasteiger partial charge >= 0.3 is 5.84 Å². The number of fused-ring (bicyclic) bond motifs is 9. The van der Waals surface area contributed by atoms with Gasteiger partial charge in [-0.05, 0) is 42.0 Å². The summed E-state index contributed by atoms with van der Waals surface area (Å²) in [5, 5.41) is 13.2. The van der Waals surface area contributed by atoms with Crippen LogP contribution in [0.4, 0.5) is 0 Å². The van der Waals surface area contributed by atoms with Crippen molar-refractivity contribution in [1.82, 2.24) is 5.32 Å². The molecule has 51 heavy (non-hydrogen) atoms. The summed E-state index contributed by atoms with van der Waals surface area (Å²) in [6, 6.07) is 53.7. The van der Waals surface area contributed by atoms with Crippen molar-refractivity contribution in [1.29, 1.82) is 0 Å². The molecule has 2 unspecified atom stereocenters. The molecule has 10 aromatic rings. The maximum Gasteiger partial charge on any atom is 0.373 e. The molecular formula is C45H31N3O2S+2. The van der Waals surface area contributed by atoms with Crippen molar-refractivity contribution in [2.75, 3.05) is 0 Å². The molecule has 0 radical (unpaired) electrons. The lowest BCUT2D eigenvalue weighted by Gasteiger charge is -2.24. The van der Waals surface area contributed by atoms with Crippen LogP contribution in [0.1, 0.15) is 29.0 Å². The number of quaternary nitrogens is 1. The molecule has 0 fully saturated rings.